The zero-order chi connectivity index (χ0) is 23.1. The summed E-state index contributed by atoms with van der Waals surface area (Å²) in [7, 11) is 0. The largest absolute Gasteiger partial charge is 0.379 e. The van der Waals surface area contributed by atoms with E-state index >= 15 is 0 Å². The van der Waals surface area contributed by atoms with Crippen LogP contribution in [0.15, 0.2) is 24.3 Å². The molecule has 3 atom stereocenters. The van der Waals surface area contributed by atoms with Gasteiger partial charge in [-0.05, 0) is 44.9 Å². The first kappa shape index (κ1) is 24.3. The number of rotatable bonds is 11. The highest BCUT2D eigenvalue weighted by molar-refractivity contribution is 6.04. The van der Waals surface area contributed by atoms with Crippen molar-refractivity contribution in [2.24, 2.45) is 5.73 Å². The summed E-state index contributed by atoms with van der Waals surface area (Å²) in [6.45, 7) is 6.45. The quantitative estimate of drug-likeness (QED) is 0.331. The lowest BCUT2D eigenvalue weighted by atomic mass is 9.96. The van der Waals surface area contributed by atoms with Crippen molar-refractivity contribution in [1.82, 2.24) is 20.9 Å². The number of hydrogen-bond donors (Lipinski definition) is 3. The standard InChI is InChI=1S/C22H33N5O5/c1-15(32-13-12-31-11-5-10-23)14-24-27-16(2)17-6-3-4-7-18(17)22(30)26(27)19-8-9-20(28)25-21(19)29/h3-4,6-7,15-16,19,24H,5,8-14,23H2,1-2H3,(H,25,28,29). The lowest BCUT2D eigenvalue weighted by molar-refractivity contribution is -0.152. The van der Waals surface area contributed by atoms with Crippen LogP contribution >= 0.6 is 0 Å². The Hall–Kier alpha value is -2.37. The van der Waals surface area contributed by atoms with E-state index < -0.39 is 11.9 Å². The molecule has 176 valence electrons. The van der Waals surface area contributed by atoms with Crippen LogP contribution in [0.2, 0.25) is 0 Å². The van der Waals surface area contributed by atoms with Crippen LogP contribution in [-0.2, 0) is 19.1 Å². The minimum absolute atomic E-state index is 0.156. The summed E-state index contributed by atoms with van der Waals surface area (Å²) in [5.41, 5.74) is 10.1. The maximum Gasteiger partial charge on any atom is 0.270 e. The molecule has 0 radical (unpaired) electrons. The summed E-state index contributed by atoms with van der Waals surface area (Å²) in [4.78, 5) is 37.6. The molecule has 3 amide bonds. The SMILES string of the molecule is CC(CNN1C(C)c2ccccc2C(=O)N1C1CCC(=O)NC1=O)OCCOCCCN. The summed E-state index contributed by atoms with van der Waals surface area (Å²) in [6, 6.07) is 6.39. The van der Waals surface area contributed by atoms with Crippen molar-refractivity contribution in [2.75, 3.05) is 32.9 Å². The molecule has 0 aromatic heterocycles. The monoisotopic (exact) mass is 447 g/mol. The lowest BCUT2D eigenvalue weighted by Crippen LogP contribution is -2.66. The van der Waals surface area contributed by atoms with Crippen LogP contribution in [0, 0.1) is 0 Å². The van der Waals surface area contributed by atoms with Crippen LogP contribution in [0.25, 0.3) is 0 Å². The molecule has 32 heavy (non-hydrogen) atoms. The van der Waals surface area contributed by atoms with Gasteiger partial charge < -0.3 is 15.2 Å². The number of nitrogens with zero attached hydrogens (tertiary/aromatic N) is 2. The number of carbonyl (C=O) groups is 3. The smallest absolute Gasteiger partial charge is 0.270 e. The third-order valence-electron chi connectivity index (χ3n) is 5.62. The van der Waals surface area contributed by atoms with E-state index in [1.165, 1.54) is 5.01 Å². The number of amides is 3. The summed E-state index contributed by atoms with van der Waals surface area (Å²) in [6.07, 6.45) is 1.12. The van der Waals surface area contributed by atoms with Crippen LogP contribution in [-0.4, -0.2) is 72.9 Å². The second kappa shape index (κ2) is 11.5. The average Bonchev–Trinajstić information content (AvgIpc) is 2.78. The Morgan fingerprint density at radius 1 is 1.22 bits per heavy atom. The first-order chi connectivity index (χ1) is 15.4. The fraction of sp³-hybridized carbons (Fsp3) is 0.591. The molecule has 1 saturated heterocycles. The third-order valence-corrected chi connectivity index (χ3v) is 5.62. The number of carbonyl (C=O) groups excluding carboxylic acids is 3. The van der Waals surface area contributed by atoms with E-state index in [0.29, 0.717) is 38.5 Å². The highest BCUT2D eigenvalue weighted by atomic mass is 16.5. The molecule has 3 rings (SSSR count). The van der Waals surface area contributed by atoms with E-state index in [-0.39, 0.29) is 36.8 Å². The molecule has 4 N–H and O–H groups in total. The van der Waals surface area contributed by atoms with Crippen molar-refractivity contribution in [3.05, 3.63) is 35.4 Å². The molecule has 0 spiro atoms. The van der Waals surface area contributed by atoms with E-state index in [9.17, 15) is 14.4 Å². The molecule has 2 heterocycles. The Morgan fingerprint density at radius 3 is 2.75 bits per heavy atom. The summed E-state index contributed by atoms with van der Waals surface area (Å²) in [5.74, 6) is -1.06. The highest BCUT2D eigenvalue weighted by Gasteiger charge is 2.44. The fourth-order valence-corrected chi connectivity index (χ4v) is 3.89. The zero-order valence-corrected chi connectivity index (χ0v) is 18.7. The summed E-state index contributed by atoms with van der Waals surface area (Å²) < 4.78 is 11.2. The number of imide groups is 1. The maximum atomic E-state index is 13.4. The lowest BCUT2D eigenvalue weighted by Gasteiger charge is -2.47. The molecule has 1 fully saturated rings. The van der Waals surface area contributed by atoms with Gasteiger partial charge in [-0.15, -0.1) is 5.12 Å². The molecule has 2 aliphatic heterocycles. The predicted molar refractivity (Wildman–Crippen MR) is 117 cm³/mol. The molecular formula is C22H33N5O5. The molecule has 10 nitrogen and oxygen atoms in total. The van der Waals surface area contributed by atoms with Gasteiger partial charge >= 0.3 is 0 Å². The van der Waals surface area contributed by atoms with Crippen molar-refractivity contribution in [3.63, 3.8) is 0 Å². The van der Waals surface area contributed by atoms with Gasteiger partial charge in [0, 0.05) is 25.1 Å². The Balaban J connectivity index is 1.68. The van der Waals surface area contributed by atoms with Gasteiger partial charge in [-0.1, -0.05) is 18.2 Å². The number of benzene rings is 1. The Labute approximate surface area is 188 Å². The molecule has 0 saturated carbocycles. The number of piperidine rings is 1. The van der Waals surface area contributed by atoms with E-state index in [4.69, 9.17) is 15.2 Å². The number of nitrogens with one attached hydrogen (secondary N) is 2. The van der Waals surface area contributed by atoms with Gasteiger partial charge in [0.1, 0.15) is 6.04 Å². The van der Waals surface area contributed by atoms with E-state index in [2.05, 4.69) is 10.7 Å². The van der Waals surface area contributed by atoms with Gasteiger partial charge in [0.15, 0.2) is 0 Å². The molecule has 3 unspecified atom stereocenters. The molecule has 0 bridgehead atoms. The molecule has 2 aliphatic rings. The predicted octanol–water partition coefficient (Wildman–Crippen LogP) is 0.501. The van der Waals surface area contributed by atoms with Crippen LogP contribution in [0.5, 0.6) is 0 Å². The minimum atomic E-state index is -0.768. The van der Waals surface area contributed by atoms with Crippen molar-refractivity contribution >= 4 is 17.7 Å². The third kappa shape index (κ3) is 5.70. The number of hydrazine groups is 2. The van der Waals surface area contributed by atoms with E-state index in [0.717, 1.165) is 12.0 Å². The fourth-order valence-electron chi connectivity index (χ4n) is 3.89. The number of nitrogens with two attached hydrogens (primary N) is 1. The van der Waals surface area contributed by atoms with Crippen LogP contribution in [0.3, 0.4) is 0 Å². The van der Waals surface area contributed by atoms with Crippen molar-refractivity contribution in [1.29, 1.82) is 0 Å². The molecule has 10 heteroatoms. The van der Waals surface area contributed by atoms with Gasteiger partial charge in [-0.25, -0.2) is 10.4 Å². The molecular weight excluding hydrogens is 414 g/mol. The van der Waals surface area contributed by atoms with Crippen LogP contribution < -0.4 is 16.5 Å². The summed E-state index contributed by atoms with van der Waals surface area (Å²) in [5, 5.41) is 5.49. The molecule has 1 aromatic carbocycles. The van der Waals surface area contributed by atoms with Gasteiger partial charge in [0.25, 0.3) is 11.8 Å². The second-order valence-corrected chi connectivity index (χ2v) is 8.02. The van der Waals surface area contributed by atoms with Crippen molar-refractivity contribution < 1.29 is 23.9 Å². The van der Waals surface area contributed by atoms with E-state index in [1.54, 1.807) is 17.3 Å². The normalized spacial score (nSPS) is 22.6. The topological polar surface area (TPSA) is 126 Å². The second-order valence-electron chi connectivity index (χ2n) is 8.02. The number of hydrogen-bond acceptors (Lipinski definition) is 8. The zero-order valence-electron chi connectivity index (χ0n) is 18.7. The van der Waals surface area contributed by atoms with Gasteiger partial charge in [0.2, 0.25) is 5.91 Å². The molecule has 0 aliphatic carbocycles. The average molecular weight is 448 g/mol. The van der Waals surface area contributed by atoms with Crippen LogP contribution in [0.4, 0.5) is 0 Å². The Kier molecular flexibility index (Phi) is 8.71. The first-order valence-electron chi connectivity index (χ1n) is 11.1. The maximum absolute atomic E-state index is 13.4. The van der Waals surface area contributed by atoms with Crippen molar-refractivity contribution in [3.8, 4) is 0 Å². The Morgan fingerprint density at radius 2 is 2.00 bits per heavy atom. The van der Waals surface area contributed by atoms with Crippen LogP contribution in [0.1, 0.15) is 55.1 Å². The minimum Gasteiger partial charge on any atom is -0.379 e. The molecule has 1 aromatic rings. The highest BCUT2D eigenvalue weighted by Crippen LogP contribution is 2.33. The van der Waals surface area contributed by atoms with E-state index in [1.807, 2.05) is 26.0 Å². The van der Waals surface area contributed by atoms with Gasteiger partial charge in [-0.3, -0.25) is 19.7 Å². The number of ether oxygens (including phenoxy) is 2. The summed E-state index contributed by atoms with van der Waals surface area (Å²) >= 11 is 0. The van der Waals surface area contributed by atoms with Gasteiger partial charge in [-0.2, -0.15) is 0 Å². The number of fused-ring (bicyclic) bond motifs is 1. The first-order valence-corrected chi connectivity index (χ1v) is 11.1. The van der Waals surface area contributed by atoms with Gasteiger partial charge in [0.05, 0.1) is 25.4 Å². The van der Waals surface area contributed by atoms with Crippen molar-refractivity contribution in [2.45, 2.75) is 51.3 Å². The Bertz CT molecular complexity index is 820.